The summed E-state index contributed by atoms with van der Waals surface area (Å²) >= 11 is 3.73. The molecule has 0 bridgehead atoms. The van der Waals surface area contributed by atoms with E-state index in [4.69, 9.17) is 9.47 Å². The number of ether oxygens (including phenoxy) is 2. The first-order valence-corrected chi connectivity index (χ1v) is 11.4. The van der Waals surface area contributed by atoms with Crippen molar-refractivity contribution in [3.05, 3.63) is 58.1 Å². The minimum absolute atomic E-state index is 0.589. The maximum atomic E-state index is 5.80. The molecular weight excluding hydrogens is 428 g/mol. The van der Waals surface area contributed by atoms with E-state index in [0.717, 1.165) is 18.7 Å². The summed E-state index contributed by atoms with van der Waals surface area (Å²) in [4.78, 5) is 5.07. The summed E-state index contributed by atoms with van der Waals surface area (Å²) in [7, 11) is 3.91. The Kier molecular flexibility index (Phi) is 6.78. The normalized spacial score (nSPS) is 21.6. The Balaban J connectivity index is 1.33. The van der Waals surface area contributed by atoms with Gasteiger partial charge in [-0.15, -0.1) is 0 Å². The van der Waals surface area contributed by atoms with Gasteiger partial charge in [-0.2, -0.15) is 0 Å². The molecule has 0 N–H and O–H groups in total. The molecule has 29 heavy (non-hydrogen) atoms. The van der Waals surface area contributed by atoms with Crippen molar-refractivity contribution in [2.45, 2.75) is 18.8 Å². The van der Waals surface area contributed by atoms with Crippen LogP contribution >= 0.6 is 15.9 Å². The van der Waals surface area contributed by atoms with Gasteiger partial charge in [0.25, 0.3) is 0 Å². The monoisotopic (exact) mass is 458 g/mol. The fourth-order valence-corrected chi connectivity index (χ4v) is 5.18. The number of benzene rings is 2. The molecule has 2 atom stereocenters. The van der Waals surface area contributed by atoms with Gasteiger partial charge in [0.15, 0.2) is 0 Å². The molecule has 4 nitrogen and oxygen atoms in total. The zero-order valence-electron chi connectivity index (χ0n) is 17.4. The molecule has 0 radical (unpaired) electrons. The van der Waals surface area contributed by atoms with Crippen LogP contribution in [-0.4, -0.2) is 58.5 Å². The Morgan fingerprint density at radius 2 is 1.97 bits per heavy atom. The Bertz CT molecular complexity index is 828. The maximum absolute atomic E-state index is 5.80. The zero-order chi connectivity index (χ0) is 20.2. The van der Waals surface area contributed by atoms with Crippen LogP contribution in [0.3, 0.4) is 0 Å². The summed E-state index contributed by atoms with van der Waals surface area (Å²) in [5.74, 6) is 2.26. The van der Waals surface area contributed by atoms with E-state index < -0.39 is 0 Å². The first-order valence-electron chi connectivity index (χ1n) is 10.6. The highest BCUT2D eigenvalue weighted by Crippen LogP contribution is 2.36. The van der Waals surface area contributed by atoms with Crippen molar-refractivity contribution < 1.29 is 9.47 Å². The van der Waals surface area contributed by atoms with E-state index in [1.807, 2.05) is 6.07 Å². The summed E-state index contributed by atoms with van der Waals surface area (Å²) in [6.45, 7) is 5.89. The van der Waals surface area contributed by atoms with Gasteiger partial charge in [-0.25, -0.2) is 0 Å². The third-order valence-electron chi connectivity index (χ3n) is 6.21. The highest BCUT2D eigenvalue weighted by Gasteiger charge is 2.30. The Hall–Kier alpha value is -1.56. The molecule has 0 spiro atoms. The molecule has 2 aliphatic rings. The molecule has 4 rings (SSSR count). The van der Waals surface area contributed by atoms with E-state index in [9.17, 15) is 0 Å². The zero-order valence-corrected chi connectivity index (χ0v) is 19.0. The van der Waals surface area contributed by atoms with Gasteiger partial charge >= 0.3 is 0 Å². The highest BCUT2D eigenvalue weighted by molar-refractivity contribution is 9.10. The van der Waals surface area contributed by atoms with Crippen LogP contribution in [0, 0.1) is 5.92 Å². The SMILES string of the molecule is COCCOc1ccc(Br)c(CC2CCN(CC3CN(C)c4ccccc43)C2)c1. The second-order valence-electron chi connectivity index (χ2n) is 8.35. The number of hydrogen-bond acceptors (Lipinski definition) is 4. The van der Waals surface area contributed by atoms with Gasteiger partial charge in [-0.1, -0.05) is 34.1 Å². The quantitative estimate of drug-likeness (QED) is 0.540. The van der Waals surface area contributed by atoms with Crippen LogP contribution in [0.1, 0.15) is 23.5 Å². The lowest BCUT2D eigenvalue weighted by atomic mass is 9.98. The van der Waals surface area contributed by atoms with Crippen molar-refractivity contribution in [2.24, 2.45) is 5.92 Å². The van der Waals surface area contributed by atoms with E-state index in [1.165, 1.54) is 47.3 Å². The number of rotatable bonds is 8. The lowest BCUT2D eigenvalue weighted by Gasteiger charge is -2.21. The number of methoxy groups -OCH3 is 1. The van der Waals surface area contributed by atoms with Gasteiger partial charge in [-0.05, 0) is 60.7 Å². The van der Waals surface area contributed by atoms with Gasteiger partial charge in [0.05, 0.1) is 6.61 Å². The average molecular weight is 459 g/mol. The Morgan fingerprint density at radius 1 is 1.10 bits per heavy atom. The molecule has 2 aliphatic heterocycles. The Labute approximate surface area is 182 Å². The minimum Gasteiger partial charge on any atom is -0.491 e. The molecule has 1 fully saturated rings. The summed E-state index contributed by atoms with van der Waals surface area (Å²) in [5, 5.41) is 0. The largest absolute Gasteiger partial charge is 0.491 e. The average Bonchev–Trinajstić information content (AvgIpc) is 3.29. The number of halogens is 1. The van der Waals surface area contributed by atoms with Gasteiger partial charge < -0.3 is 19.3 Å². The molecule has 2 aromatic rings. The van der Waals surface area contributed by atoms with E-state index in [1.54, 1.807) is 7.11 Å². The fraction of sp³-hybridized carbons (Fsp3) is 0.500. The van der Waals surface area contributed by atoms with Gasteiger partial charge in [0.2, 0.25) is 0 Å². The number of likely N-dealkylation sites (N-methyl/N-ethyl adjacent to an activating group) is 1. The van der Waals surface area contributed by atoms with Crippen molar-refractivity contribution >= 4 is 21.6 Å². The molecule has 0 aliphatic carbocycles. The van der Waals surface area contributed by atoms with Crippen LogP contribution in [0.25, 0.3) is 0 Å². The minimum atomic E-state index is 0.589. The number of hydrogen-bond donors (Lipinski definition) is 0. The maximum Gasteiger partial charge on any atom is 0.119 e. The van der Waals surface area contributed by atoms with Crippen LogP contribution in [-0.2, 0) is 11.2 Å². The summed E-state index contributed by atoms with van der Waals surface area (Å²) in [5.41, 5.74) is 4.27. The summed E-state index contributed by atoms with van der Waals surface area (Å²) < 4.78 is 12.1. The van der Waals surface area contributed by atoms with Crippen LogP contribution < -0.4 is 9.64 Å². The first kappa shape index (κ1) is 20.7. The van der Waals surface area contributed by atoms with E-state index in [-0.39, 0.29) is 0 Å². The van der Waals surface area contributed by atoms with Crippen LogP contribution in [0.5, 0.6) is 5.75 Å². The fourth-order valence-electron chi connectivity index (χ4n) is 4.77. The summed E-state index contributed by atoms with van der Waals surface area (Å²) in [6.07, 6.45) is 2.37. The number of fused-ring (bicyclic) bond motifs is 1. The molecule has 2 unspecified atom stereocenters. The first-order chi connectivity index (χ1) is 14.1. The van der Waals surface area contributed by atoms with Crippen LogP contribution in [0.15, 0.2) is 46.9 Å². The second kappa shape index (κ2) is 9.50. The third kappa shape index (κ3) is 4.96. The number of likely N-dealkylation sites (tertiary alicyclic amines) is 1. The molecule has 0 aromatic heterocycles. The molecular formula is C24H31BrN2O2. The molecule has 2 aromatic carbocycles. The van der Waals surface area contributed by atoms with E-state index >= 15 is 0 Å². The second-order valence-corrected chi connectivity index (χ2v) is 9.20. The number of nitrogens with zero attached hydrogens (tertiary/aromatic N) is 2. The van der Waals surface area contributed by atoms with E-state index in [2.05, 4.69) is 69.2 Å². The van der Waals surface area contributed by atoms with Crippen molar-refractivity contribution in [3.63, 3.8) is 0 Å². The van der Waals surface area contributed by atoms with Gasteiger partial charge in [0.1, 0.15) is 12.4 Å². The summed E-state index contributed by atoms with van der Waals surface area (Å²) in [6, 6.07) is 15.2. The van der Waals surface area contributed by atoms with Crippen LogP contribution in [0.2, 0.25) is 0 Å². The van der Waals surface area contributed by atoms with Crippen molar-refractivity contribution in [1.82, 2.24) is 4.90 Å². The standard InChI is InChI=1S/C24H31BrN2O2/c1-26-16-20(22-5-3-4-6-24(22)26)17-27-10-9-18(15-27)13-19-14-21(7-8-23(19)25)29-12-11-28-2/h3-8,14,18,20H,9-13,15-17H2,1-2H3. The molecule has 156 valence electrons. The number of para-hydroxylation sites is 1. The molecule has 0 amide bonds. The topological polar surface area (TPSA) is 24.9 Å². The van der Waals surface area contributed by atoms with Crippen molar-refractivity contribution in [1.29, 1.82) is 0 Å². The molecule has 5 heteroatoms. The lowest BCUT2D eigenvalue weighted by Crippen LogP contribution is -2.29. The smallest absolute Gasteiger partial charge is 0.119 e. The van der Waals surface area contributed by atoms with Crippen LogP contribution in [0.4, 0.5) is 5.69 Å². The predicted molar refractivity (Wildman–Crippen MR) is 122 cm³/mol. The Morgan fingerprint density at radius 3 is 2.83 bits per heavy atom. The van der Waals surface area contributed by atoms with E-state index in [0.29, 0.717) is 25.0 Å². The highest BCUT2D eigenvalue weighted by atomic mass is 79.9. The van der Waals surface area contributed by atoms with Crippen molar-refractivity contribution in [2.75, 3.05) is 58.5 Å². The van der Waals surface area contributed by atoms with Crippen molar-refractivity contribution in [3.8, 4) is 5.75 Å². The predicted octanol–water partition coefficient (Wildman–Crippen LogP) is 4.57. The third-order valence-corrected chi connectivity index (χ3v) is 6.99. The number of anilines is 1. The molecule has 0 saturated carbocycles. The lowest BCUT2D eigenvalue weighted by molar-refractivity contribution is 0.146. The molecule has 2 heterocycles. The van der Waals surface area contributed by atoms with Gasteiger partial charge in [0, 0.05) is 49.9 Å². The van der Waals surface area contributed by atoms with Gasteiger partial charge in [-0.3, -0.25) is 0 Å². The molecule has 1 saturated heterocycles.